The van der Waals surface area contributed by atoms with Gasteiger partial charge in [0.05, 0.1) is 22.0 Å². The number of benzene rings is 1. The maximum atomic E-state index is 14.1. The van der Waals surface area contributed by atoms with Gasteiger partial charge in [-0.2, -0.15) is 13.2 Å². The van der Waals surface area contributed by atoms with Crippen LogP contribution < -0.4 is 11.0 Å². The van der Waals surface area contributed by atoms with Crippen molar-refractivity contribution in [2.75, 3.05) is 13.2 Å². The molecule has 2 aliphatic heterocycles. The Labute approximate surface area is 202 Å². The van der Waals surface area contributed by atoms with E-state index in [2.05, 4.69) is 5.32 Å². The fourth-order valence-corrected chi connectivity index (χ4v) is 6.30. The van der Waals surface area contributed by atoms with E-state index in [4.69, 9.17) is 4.74 Å². The van der Waals surface area contributed by atoms with Gasteiger partial charge < -0.3 is 15.0 Å². The third kappa shape index (κ3) is 4.08. The molecule has 2 aromatic rings. The summed E-state index contributed by atoms with van der Waals surface area (Å²) in [5.41, 5.74) is -0.740. The minimum Gasteiger partial charge on any atom is -0.381 e. The molecule has 10 heteroatoms. The molecular weight excluding hydrogens is 461 g/mol. The third-order valence-corrected chi connectivity index (χ3v) is 8.38. The average Bonchev–Trinajstić information content (AvgIpc) is 3.35. The summed E-state index contributed by atoms with van der Waals surface area (Å²) in [5.74, 6) is -0.0114. The second kappa shape index (κ2) is 8.65. The summed E-state index contributed by atoms with van der Waals surface area (Å²) in [6.07, 6.45) is -0.351. The first-order valence-electron chi connectivity index (χ1n) is 12.4. The number of hydrogen-bond donors (Lipinski definition) is 1. The van der Waals surface area contributed by atoms with Crippen LogP contribution in [0.3, 0.4) is 0 Å². The highest BCUT2D eigenvalue weighted by atomic mass is 19.4. The molecular formula is C25H33F3N4O3. The Balaban J connectivity index is 1.44. The quantitative estimate of drug-likeness (QED) is 0.705. The Morgan fingerprint density at radius 3 is 2.54 bits per heavy atom. The number of nitrogens with one attached hydrogen (secondary N) is 1. The molecule has 1 aliphatic carbocycles. The van der Waals surface area contributed by atoms with E-state index in [0.717, 1.165) is 51.0 Å². The highest BCUT2D eigenvalue weighted by Crippen LogP contribution is 2.47. The molecule has 35 heavy (non-hydrogen) atoms. The van der Waals surface area contributed by atoms with Gasteiger partial charge in [0.2, 0.25) is 5.91 Å². The maximum Gasteiger partial charge on any atom is 0.416 e. The molecule has 1 saturated heterocycles. The van der Waals surface area contributed by atoms with Crippen LogP contribution >= 0.6 is 0 Å². The number of alkyl halides is 3. The van der Waals surface area contributed by atoms with Gasteiger partial charge >= 0.3 is 11.9 Å². The van der Waals surface area contributed by atoms with Gasteiger partial charge in [-0.3, -0.25) is 13.9 Å². The predicted molar refractivity (Wildman–Crippen MR) is 125 cm³/mol. The van der Waals surface area contributed by atoms with Gasteiger partial charge in [-0.15, -0.1) is 0 Å². The van der Waals surface area contributed by atoms with Crippen LogP contribution in [0, 0.1) is 11.3 Å². The van der Waals surface area contributed by atoms with E-state index in [9.17, 15) is 22.8 Å². The van der Waals surface area contributed by atoms with Crippen LogP contribution in [0.5, 0.6) is 0 Å². The lowest BCUT2D eigenvalue weighted by Crippen LogP contribution is -2.49. The Hall–Kier alpha value is -2.33. The highest BCUT2D eigenvalue weighted by molar-refractivity contribution is 5.86. The number of aromatic nitrogens is 2. The van der Waals surface area contributed by atoms with Gasteiger partial charge in [0.15, 0.2) is 0 Å². The van der Waals surface area contributed by atoms with Gasteiger partial charge in [-0.25, -0.2) is 4.79 Å². The van der Waals surface area contributed by atoms with Crippen LogP contribution in [-0.4, -0.2) is 45.2 Å². The SMILES string of the molecule is CC(C)[C@]1(C(=O)N2Cc3cc(C(F)(F)F)cc4c3n(c(=O)n4C)C2)CC[C@@H](NC2CCOCC2)C1. The van der Waals surface area contributed by atoms with Crippen molar-refractivity contribution in [3.63, 3.8) is 0 Å². The fourth-order valence-electron chi connectivity index (χ4n) is 6.30. The molecule has 3 heterocycles. The Kier molecular flexibility index (Phi) is 6.03. The number of ether oxygens (including phenoxy) is 1. The van der Waals surface area contributed by atoms with Crippen molar-refractivity contribution in [1.29, 1.82) is 0 Å². The number of carbonyl (C=O) groups is 1. The van der Waals surface area contributed by atoms with Crippen molar-refractivity contribution < 1.29 is 22.7 Å². The van der Waals surface area contributed by atoms with E-state index in [1.165, 1.54) is 16.2 Å². The maximum absolute atomic E-state index is 14.1. The first-order valence-corrected chi connectivity index (χ1v) is 12.4. The van der Waals surface area contributed by atoms with Crippen LogP contribution in [0.2, 0.25) is 0 Å². The highest BCUT2D eigenvalue weighted by Gasteiger charge is 2.50. The topological polar surface area (TPSA) is 68.5 Å². The molecule has 0 spiro atoms. The lowest BCUT2D eigenvalue weighted by molar-refractivity contribution is -0.147. The van der Waals surface area contributed by atoms with Gasteiger partial charge in [0.25, 0.3) is 0 Å². The van der Waals surface area contributed by atoms with Crippen molar-refractivity contribution in [2.45, 2.75) is 77.4 Å². The van der Waals surface area contributed by atoms with Crippen molar-refractivity contribution in [2.24, 2.45) is 18.4 Å². The Morgan fingerprint density at radius 2 is 1.89 bits per heavy atom. The second-order valence-electron chi connectivity index (χ2n) is 10.7. The molecule has 2 atom stereocenters. The number of rotatable bonds is 4. The number of aryl methyl sites for hydroxylation is 1. The molecule has 0 unspecified atom stereocenters. The van der Waals surface area contributed by atoms with Gasteiger partial charge in [0, 0.05) is 38.9 Å². The van der Waals surface area contributed by atoms with E-state index in [1.807, 2.05) is 13.8 Å². The van der Waals surface area contributed by atoms with Crippen LogP contribution in [0.25, 0.3) is 11.0 Å². The molecule has 1 N–H and O–H groups in total. The summed E-state index contributed by atoms with van der Waals surface area (Å²) < 4.78 is 48.9. The van der Waals surface area contributed by atoms with Gasteiger partial charge in [-0.1, -0.05) is 13.8 Å². The minimum absolute atomic E-state index is 0.0555. The molecule has 2 fully saturated rings. The van der Waals surface area contributed by atoms with E-state index < -0.39 is 22.8 Å². The summed E-state index contributed by atoms with van der Waals surface area (Å²) in [4.78, 5) is 28.6. The number of halogens is 3. The summed E-state index contributed by atoms with van der Waals surface area (Å²) >= 11 is 0. The van der Waals surface area contributed by atoms with Crippen LogP contribution in [0.4, 0.5) is 13.2 Å². The predicted octanol–water partition coefficient (Wildman–Crippen LogP) is 3.62. The van der Waals surface area contributed by atoms with Gasteiger partial charge in [-0.05, 0) is 55.7 Å². The zero-order chi connectivity index (χ0) is 25.1. The average molecular weight is 495 g/mol. The number of carbonyl (C=O) groups excluding carboxylic acids is 1. The fraction of sp³-hybridized carbons (Fsp3) is 0.680. The standard InChI is InChI=1S/C25H33F3N4O3/c1-15(2)24(7-4-19(12-24)29-18-5-8-35-9-6-18)22(33)31-13-16-10-17(25(26,27)28)11-20-21(16)32(14-31)23(34)30(20)3/h10-11,15,18-19,29H,4-9,12-14H2,1-3H3/t19-,24+/m1/s1. The van der Waals surface area contributed by atoms with E-state index in [1.54, 1.807) is 4.90 Å². The number of amides is 1. The summed E-state index contributed by atoms with van der Waals surface area (Å²) in [6.45, 7) is 5.69. The number of nitrogens with zero attached hydrogens (tertiary/aromatic N) is 3. The minimum atomic E-state index is -4.54. The lowest BCUT2D eigenvalue weighted by atomic mass is 9.74. The lowest BCUT2D eigenvalue weighted by Gasteiger charge is -2.39. The van der Waals surface area contributed by atoms with Crippen molar-refractivity contribution >= 4 is 16.9 Å². The molecule has 1 aromatic heterocycles. The molecule has 0 bridgehead atoms. The zero-order valence-corrected chi connectivity index (χ0v) is 20.5. The number of hydrogen-bond acceptors (Lipinski definition) is 4. The molecule has 3 aliphatic rings. The summed E-state index contributed by atoms with van der Waals surface area (Å²) in [6, 6.07) is 2.70. The van der Waals surface area contributed by atoms with E-state index in [-0.39, 0.29) is 36.6 Å². The first-order chi connectivity index (χ1) is 16.5. The zero-order valence-electron chi connectivity index (χ0n) is 20.5. The van der Waals surface area contributed by atoms with Crippen molar-refractivity contribution in [1.82, 2.24) is 19.4 Å². The largest absolute Gasteiger partial charge is 0.416 e. The monoisotopic (exact) mass is 494 g/mol. The van der Waals surface area contributed by atoms with Crippen LogP contribution in [0.1, 0.15) is 57.1 Å². The smallest absolute Gasteiger partial charge is 0.381 e. The molecule has 0 radical (unpaired) electrons. The molecule has 1 saturated carbocycles. The normalized spacial score (nSPS) is 25.7. The molecule has 1 aromatic carbocycles. The van der Waals surface area contributed by atoms with E-state index >= 15 is 0 Å². The van der Waals surface area contributed by atoms with Crippen molar-refractivity contribution in [3.05, 3.63) is 33.7 Å². The molecule has 5 rings (SSSR count). The second-order valence-corrected chi connectivity index (χ2v) is 10.7. The molecule has 192 valence electrons. The van der Waals surface area contributed by atoms with Crippen LogP contribution in [0.15, 0.2) is 16.9 Å². The summed E-state index contributed by atoms with van der Waals surface area (Å²) in [5, 5.41) is 3.72. The van der Waals surface area contributed by atoms with E-state index in [0.29, 0.717) is 23.5 Å². The third-order valence-electron chi connectivity index (χ3n) is 8.38. The first kappa shape index (κ1) is 24.4. The Morgan fingerprint density at radius 1 is 1.17 bits per heavy atom. The van der Waals surface area contributed by atoms with Crippen LogP contribution in [-0.2, 0) is 36.0 Å². The molecule has 1 amide bonds. The van der Waals surface area contributed by atoms with Crippen molar-refractivity contribution in [3.8, 4) is 0 Å². The van der Waals surface area contributed by atoms with Gasteiger partial charge in [0.1, 0.15) is 6.67 Å². The Bertz CT molecular complexity index is 1200. The number of imidazole rings is 1. The molecule has 7 nitrogen and oxygen atoms in total. The summed E-state index contributed by atoms with van der Waals surface area (Å²) in [7, 11) is 1.47.